The van der Waals surface area contributed by atoms with E-state index in [0.29, 0.717) is 22.4 Å². The van der Waals surface area contributed by atoms with Crippen molar-refractivity contribution in [2.45, 2.75) is 34.0 Å². The summed E-state index contributed by atoms with van der Waals surface area (Å²) in [7, 11) is 0. The third kappa shape index (κ3) is 2.92. The molecule has 0 radical (unpaired) electrons. The van der Waals surface area contributed by atoms with Crippen molar-refractivity contribution in [3.05, 3.63) is 78.0 Å². The first-order valence-electron chi connectivity index (χ1n) is 13.1. The Labute approximate surface area is 193 Å². The molecule has 0 aliphatic rings. The number of furan rings is 2. The van der Waals surface area contributed by atoms with Crippen LogP contribution in [0.5, 0.6) is 0 Å². The minimum atomic E-state index is -2.50. The van der Waals surface area contributed by atoms with Crippen molar-refractivity contribution in [3.63, 3.8) is 0 Å². The van der Waals surface area contributed by atoms with Crippen LogP contribution in [-0.2, 0) is 6.37 Å². The van der Waals surface area contributed by atoms with Crippen molar-refractivity contribution in [2.75, 3.05) is 0 Å². The molecule has 0 atom stereocenters. The second-order valence-electron chi connectivity index (χ2n) is 9.18. The average Bonchev–Trinajstić information content (AvgIpc) is 3.40. The van der Waals surface area contributed by atoms with Crippen molar-refractivity contribution in [2.24, 2.45) is 5.41 Å². The van der Waals surface area contributed by atoms with Crippen LogP contribution in [0, 0.1) is 12.3 Å². The summed E-state index contributed by atoms with van der Waals surface area (Å²) < 4.78 is 54.2. The van der Waals surface area contributed by atoms with Crippen molar-refractivity contribution in [1.82, 2.24) is 4.98 Å². The number of benzene rings is 3. The number of aryl methyl sites for hydroxylation is 1. The van der Waals surface area contributed by atoms with Crippen LogP contribution in [0.15, 0.2) is 75.7 Å². The van der Waals surface area contributed by atoms with Crippen LogP contribution >= 0.6 is 0 Å². The Hall–Kier alpha value is -3.59. The molecule has 3 heteroatoms. The molecule has 32 heavy (non-hydrogen) atoms. The van der Waals surface area contributed by atoms with Gasteiger partial charge in [0.2, 0.25) is 0 Å². The standard InChI is InChI=1S/C29H25NO2/c1-17-16-30-22(14-18(17)15-29(2,3)4)19-9-7-10-21-27-25(32-28(19)21)13-12-24-26(27)20-8-5-6-11-23(20)31-24/h5-14,16H,15H2,1-4H3/i1D3,15D2. The number of rotatable bonds is 2. The molecular weight excluding hydrogens is 394 g/mol. The lowest BCUT2D eigenvalue weighted by molar-refractivity contribution is 0.410. The predicted octanol–water partition coefficient (Wildman–Crippen LogP) is 8.44. The van der Waals surface area contributed by atoms with Gasteiger partial charge < -0.3 is 8.83 Å². The summed E-state index contributed by atoms with van der Waals surface area (Å²) in [5.41, 5.74) is 3.17. The van der Waals surface area contributed by atoms with Crippen LogP contribution in [0.2, 0.25) is 0 Å². The molecule has 0 saturated carbocycles. The highest BCUT2D eigenvalue weighted by atomic mass is 16.3. The minimum Gasteiger partial charge on any atom is -0.456 e. The van der Waals surface area contributed by atoms with E-state index in [1.165, 1.54) is 6.20 Å². The molecule has 6 aromatic rings. The third-order valence-electron chi connectivity index (χ3n) is 5.69. The summed E-state index contributed by atoms with van der Waals surface area (Å²) in [6.07, 6.45) is -0.636. The molecule has 3 aromatic carbocycles. The van der Waals surface area contributed by atoms with Crippen molar-refractivity contribution < 1.29 is 15.7 Å². The predicted molar refractivity (Wildman–Crippen MR) is 132 cm³/mol. The molecule has 0 bridgehead atoms. The van der Waals surface area contributed by atoms with E-state index in [9.17, 15) is 0 Å². The third-order valence-corrected chi connectivity index (χ3v) is 5.69. The fourth-order valence-corrected chi connectivity index (χ4v) is 4.42. The van der Waals surface area contributed by atoms with Gasteiger partial charge in [0, 0.05) is 40.2 Å². The molecule has 0 saturated heterocycles. The number of hydrogen-bond donors (Lipinski definition) is 0. The Morgan fingerprint density at radius 3 is 2.44 bits per heavy atom. The number of aromatic nitrogens is 1. The summed E-state index contributed by atoms with van der Waals surface area (Å²) in [6, 6.07) is 19.0. The molecular formula is C29H25NO2. The molecule has 158 valence electrons. The second-order valence-corrected chi connectivity index (χ2v) is 9.18. The highest BCUT2D eigenvalue weighted by Gasteiger charge is 2.19. The van der Waals surface area contributed by atoms with Crippen LogP contribution in [0.3, 0.4) is 0 Å². The fraction of sp³-hybridized carbons (Fsp3) is 0.207. The molecule has 0 aliphatic heterocycles. The zero-order chi connectivity index (χ0) is 26.3. The molecule has 0 unspecified atom stereocenters. The van der Waals surface area contributed by atoms with Crippen molar-refractivity contribution in [1.29, 1.82) is 0 Å². The van der Waals surface area contributed by atoms with E-state index in [1.54, 1.807) is 26.8 Å². The Kier molecular flexibility index (Phi) is 3.03. The lowest BCUT2D eigenvalue weighted by Gasteiger charge is -2.20. The lowest BCUT2D eigenvalue weighted by atomic mass is 9.86. The van der Waals surface area contributed by atoms with Crippen LogP contribution in [-0.4, -0.2) is 4.98 Å². The SMILES string of the molecule is [2H]C([2H])([2H])c1cnc(-c2cccc3c2oc2ccc4oc5ccccc5c4c23)cc1C([2H])([2H])C(C)(C)C. The number of hydrogen-bond acceptors (Lipinski definition) is 3. The number of para-hydroxylation sites is 2. The van der Waals surface area contributed by atoms with Crippen molar-refractivity contribution in [3.8, 4) is 11.3 Å². The Morgan fingerprint density at radius 2 is 1.62 bits per heavy atom. The van der Waals surface area contributed by atoms with E-state index < -0.39 is 18.6 Å². The zero-order valence-electron chi connectivity index (χ0n) is 23.1. The summed E-state index contributed by atoms with van der Waals surface area (Å²) in [5.74, 6) is 0. The van der Waals surface area contributed by atoms with Gasteiger partial charge in [-0.2, -0.15) is 0 Å². The monoisotopic (exact) mass is 424 g/mol. The lowest BCUT2D eigenvalue weighted by Crippen LogP contribution is -2.10. The smallest absolute Gasteiger partial charge is 0.144 e. The highest BCUT2D eigenvalue weighted by molar-refractivity contribution is 6.26. The molecule has 0 spiro atoms. The number of pyridine rings is 1. The molecule has 0 amide bonds. The van der Waals surface area contributed by atoms with Gasteiger partial charge in [-0.1, -0.05) is 51.1 Å². The maximum absolute atomic E-state index is 8.85. The maximum atomic E-state index is 8.85. The topological polar surface area (TPSA) is 39.2 Å². The van der Waals surface area contributed by atoms with Gasteiger partial charge in [0.25, 0.3) is 0 Å². The Morgan fingerprint density at radius 1 is 0.875 bits per heavy atom. The first kappa shape index (κ1) is 14.5. The Bertz CT molecular complexity index is 1840. The number of fused-ring (bicyclic) bond motifs is 7. The summed E-state index contributed by atoms with van der Waals surface area (Å²) in [5, 5.41) is 3.78. The quantitative estimate of drug-likeness (QED) is 0.280. The van der Waals surface area contributed by atoms with Crippen molar-refractivity contribution >= 4 is 43.9 Å². The van der Waals surface area contributed by atoms with E-state index in [4.69, 9.17) is 15.7 Å². The van der Waals surface area contributed by atoms with E-state index in [0.717, 1.165) is 32.7 Å². The molecule has 3 aromatic heterocycles. The summed E-state index contributed by atoms with van der Waals surface area (Å²) >= 11 is 0. The summed E-state index contributed by atoms with van der Waals surface area (Å²) in [4.78, 5) is 4.49. The summed E-state index contributed by atoms with van der Waals surface area (Å²) in [6.45, 7) is 2.78. The van der Waals surface area contributed by atoms with Crippen LogP contribution in [0.4, 0.5) is 0 Å². The number of nitrogens with zero attached hydrogens (tertiary/aromatic N) is 1. The molecule has 6 rings (SSSR count). The maximum Gasteiger partial charge on any atom is 0.144 e. The van der Waals surface area contributed by atoms with Gasteiger partial charge in [-0.05, 0) is 60.1 Å². The van der Waals surface area contributed by atoms with E-state index in [2.05, 4.69) is 4.98 Å². The fourth-order valence-electron chi connectivity index (χ4n) is 4.42. The van der Waals surface area contributed by atoms with Crippen LogP contribution < -0.4 is 0 Å². The van der Waals surface area contributed by atoms with Gasteiger partial charge in [0.05, 0.1) is 5.69 Å². The van der Waals surface area contributed by atoms with Crippen LogP contribution in [0.1, 0.15) is 38.8 Å². The Balaban J connectivity index is 1.66. The molecule has 0 N–H and O–H groups in total. The molecule has 0 fully saturated rings. The van der Waals surface area contributed by atoms with Crippen LogP contribution in [0.25, 0.3) is 55.1 Å². The first-order valence-corrected chi connectivity index (χ1v) is 10.6. The normalized spacial score (nSPS) is 15.7. The molecule has 3 heterocycles. The van der Waals surface area contributed by atoms with E-state index in [-0.39, 0.29) is 11.1 Å². The van der Waals surface area contributed by atoms with E-state index >= 15 is 0 Å². The van der Waals surface area contributed by atoms with Gasteiger partial charge >= 0.3 is 0 Å². The van der Waals surface area contributed by atoms with E-state index in [1.807, 2.05) is 54.6 Å². The molecule has 3 nitrogen and oxygen atoms in total. The first-order chi connectivity index (χ1) is 17.4. The minimum absolute atomic E-state index is 0.0838. The largest absolute Gasteiger partial charge is 0.456 e. The highest BCUT2D eigenvalue weighted by Crippen LogP contribution is 2.42. The molecule has 0 aliphatic carbocycles. The second kappa shape index (κ2) is 6.70. The zero-order valence-corrected chi connectivity index (χ0v) is 18.1. The van der Waals surface area contributed by atoms with Gasteiger partial charge in [0.15, 0.2) is 0 Å². The van der Waals surface area contributed by atoms with Gasteiger partial charge in [-0.15, -0.1) is 0 Å². The van der Waals surface area contributed by atoms with Gasteiger partial charge in [0.1, 0.15) is 22.3 Å². The average molecular weight is 425 g/mol. The van der Waals surface area contributed by atoms with Gasteiger partial charge in [-0.3, -0.25) is 4.98 Å². The van der Waals surface area contributed by atoms with Gasteiger partial charge in [-0.25, -0.2) is 0 Å².